The van der Waals surface area contributed by atoms with Gasteiger partial charge in [-0.15, -0.1) is 0 Å². The molecule has 8 nitrogen and oxygen atoms in total. The summed E-state index contributed by atoms with van der Waals surface area (Å²) in [7, 11) is 1.47. The van der Waals surface area contributed by atoms with Crippen LogP contribution < -0.4 is 4.74 Å². The molecule has 1 aliphatic carbocycles. The van der Waals surface area contributed by atoms with Gasteiger partial charge in [0.25, 0.3) is 0 Å². The van der Waals surface area contributed by atoms with Crippen LogP contribution in [0.2, 0.25) is 0 Å². The molecule has 166 valence electrons. The smallest absolute Gasteiger partial charge is 0.410 e. The van der Waals surface area contributed by atoms with Gasteiger partial charge in [-0.05, 0) is 64.0 Å². The molecule has 0 N–H and O–H groups in total. The van der Waals surface area contributed by atoms with Gasteiger partial charge in [-0.3, -0.25) is 15.0 Å². The number of hydrogen-bond acceptors (Lipinski definition) is 6. The van der Waals surface area contributed by atoms with Gasteiger partial charge in [0.05, 0.1) is 12.0 Å². The second-order valence-corrected chi connectivity index (χ2v) is 9.20. The summed E-state index contributed by atoms with van der Waals surface area (Å²) >= 11 is 0. The molecular weight excluding hydrogens is 386 g/mol. The normalized spacial score (nSPS) is 23.1. The minimum Gasteiger partial charge on any atom is -0.490 e. The lowest BCUT2D eigenvalue weighted by molar-refractivity contribution is -0.385. The maximum absolute atomic E-state index is 12.2. The lowest BCUT2D eigenvalue weighted by Gasteiger charge is -2.42. The average Bonchev–Trinajstić information content (AvgIpc) is 2.72. The van der Waals surface area contributed by atoms with Crippen LogP contribution in [0, 0.1) is 10.1 Å². The van der Waals surface area contributed by atoms with E-state index in [0.717, 1.165) is 44.3 Å². The van der Waals surface area contributed by atoms with Crippen molar-refractivity contribution in [1.29, 1.82) is 0 Å². The van der Waals surface area contributed by atoms with Crippen molar-refractivity contribution in [3.05, 3.63) is 33.9 Å². The standard InChI is InChI=1S/C22H33N3O5/c1-22(2,3)30-21(26)24-13-11-23(12-14-24)18-8-5-16(6-9-18)17-7-10-19(25(27)28)20(15-17)29-4/h7,10,15-16,18H,5-6,8-9,11-14H2,1-4H3. The Bertz CT molecular complexity index is 761. The summed E-state index contributed by atoms with van der Waals surface area (Å²) in [6, 6.07) is 5.77. The molecule has 2 aliphatic rings. The molecule has 30 heavy (non-hydrogen) atoms. The van der Waals surface area contributed by atoms with Crippen molar-refractivity contribution in [3.63, 3.8) is 0 Å². The predicted octanol–water partition coefficient (Wildman–Crippen LogP) is 4.18. The van der Waals surface area contributed by atoms with Crippen LogP contribution in [-0.2, 0) is 4.74 Å². The lowest BCUT2D eigenvalue weighted by Crippen LogP contribution is -2.53. The number of amides is 1. The van der Waals surface area contributed by atoms with E-state index in [0.29, 0.717) is 30.8 Å². The fraction of sp³-hybridized carbons (Fsp3) is 0.682. The maximum Gasteiger partial charge on any atom is 0.410 e. The van der Waals surface area contributed by atoms with Gasteiger partial charge < -0.3 is 14.4 Å². The number of rotatable bonds is 4. The van der Waals surface area contributed by atoms with Crippen LogP contribution in [0.1, 0.15) is 57.9 Å². The molecule has 1 saturated carbocycles. The molecule has 1 aliphatic heterocycles. The fourth-order valence-corrected chi connectivity index (χ4v) is 4.47. The van der Waals surface area contributed by atoms with Gasteiger partial charge in [0.2, 0.25) is 0 Å². The third-order valence-corrected chi connectivity index (χ3v) is 6.05. The van der Waals surface area contributed by atoms with Gasteiger partial charge in [-0.25, -0.2) is 4.79 Å². The molecule has 8 heteroatoms. The van der Waals surface area contributed by atoms with E-state index in [1.165, 1.54) is 7.11 Å². The quantitative estimate of drug-likeness (QED) is 0.538. The van der Waals surface area contributed by atoms with Gasteiger partial charge in [-0.1, -0.05) is 6.07 Å². The zero-order chi connectivity index (χ0) is 21.9. The van der Waals surface area contributed by atoms with E-state index in [-0.39, 0.29) is 11.8 Å². The molecule has 1 aromatic carbocycles. The Balaban J connectivity index is 1.51. The number of nitro groups is 1. The summed E-state index contributed by atoms with van der Waals surface area (Å²) in [6.07, 6.45) is 4.07. The molecule has 0 radical (unpaired) electrons. The molecule has 1 heterocycles. The highest BCUT2D eigenvalue weighted by Crippen LogP contribution is 2.38. The van der Waals surface area contributed by atoms with E-state index in [4.69, 9.17) is 9.47 Å². The molecule has 0 atom stereocenters. The van der Waals surface area contributed by atoms with Gasteiger partial charge in [0, 0.05) is 38.3 Å². The highest BCUT2D eigenvalue weighted by atomic mass is 16.6. The molecule has 1 saturated heterocycles. The second kappa shape index (κ2) is 9.20. The Morgan fingerprint density at radius 3 is 2.27 bits per heavy atom. The number of nitro benzene ring substituents is 1. The average molecular weight is 420 g/mol. The van der Waals surface area contributed by atoms with Crippen LogP contribution in [-0.4, -0.2) is 65.7 Å². The van der Waals surface area contributed by atoms with Crippen molar-refractivity contribution in [1.82, 2.24) is 9.80 Å². The van der Waals surface area contributed by atoms with E-state index >= 15 is 0 Å². The Kier molecular flexibility index (Phi) is 6.85. The van der Waals surface area contributed by atoms with E-state index in [1.54, 1.807) is 11.0 Å². The van der Waals surface area contributed by atoms with Gasteiger partial charge in [0.15, 0.2) is 5.75 Å². The summed E-state index contributed by atoms with van der Waals surface area (Å²) in [5.41, 5.74) is 0.663. The highest BCUT2D eigenvalue weighted by Gasteiger charge is 2.32. The van der Waals surface area contributed by atoms with Crippen LogP contribution in [0.25, 0.3) is 0 Å². The van der Waals surface area contributed by atoms with E-state index in [2.05, 4.69) is 4.90 Å². The maximum atomic E-state index is 12.2. The number of piperazine rings is 1. The summed E-state index contributed by atoms with van der Waals surface area (Å²) in [4.78, 5) is 27.2. The number of carbonyl (C=O) groups is 1. The zero-order valence-electron chi connectivity index (χ0n) is 18.4. The summed E-state index contributed by atoms with van der Waals surface area (Å²) in [6.45, 7) is 8.82. The topological polar surface area (TPSA) is 85.2 Å². The number of ether oxygens (including phenoxy) is 2. The molecule has 1 aromatic rings. The van der Waals surface area contributed by atoms with Crippen molar-refractivity contribution in [2.75, 3.05) is 33.3 Å². The number of methoxy groups -OCH3 is 1. The minimum absolute atomic E-state index is 0.0118. The van der Waals surface area contributed by atoms with Crippen LogP contribution in [0.15, 0.2) is 18.2 Å². The van der Waals surface area contributed by atoms with Gasteiger partial charge in [-0.2, -0.15) is 0 Å². The first-order chi connectivity index (χ1) is 14.2. The third-order valence-electron chi connectivity index (χ3n) is 6.05. The SMILES string of the molecule is COc1cc(C2CCC(N3CCN(C(=O)OC(C)(C)C)CC3)CC2)ccc1[N+](=O)[O-]. The van der Waals surface area contributed by atoms with Crippen LogP contribution in [0.5, 0.6) is 5.75 Å². The predicted molar refractivity (Wildman–Crippen MR) is 114 cm³/mol. The van der Waals surface area contributed by atoms with Crippen LogP contribution >= 0.6 is 0 Å². The molecule has 0 spiro atoms. The Morgan fingerprint density at radius 2 is 1.73 bits per heavy atom. The minimum atomic E-state index is -0.465. The van der Waals surface area contributed by atoms with Crippen molar-refractivity contribution in [3.8, 4) is 5.75 Å². The Morgan fingerprint density at radius 1 is 1.10 bits per heavy atom. The van der Waals surface area contributed by atoms with Crippen molar-refractivity contribution in [2.24, 2.45) is 0 Å². The van der Waals surface area contributed by atoms with E-state index < -0.39 is 10.5 Å². The molecule has 3 rings (SSSR count). The monoisotopic (exact) mass is 419 g/mol. The molecule has 2 fully saturated rings. The number of nitrogens with zero attached hydrogens (tertiary/aromatic N) is 3. The van der Waals surface area contributed by atoms with Crippen molar-refractivity contribution in [2.45, 2.75) is 64.0 Å². The fourth-order valence-electron chi connectivity index (χ4n) is 4.47. The Labute approximate surface area is 178 Å². The van der Waals surface area contributed by atoms with Crippen molar-refractivity contribution >= 4 is 11.8 Å². The van der Waals surface area contributed by atoms with Crippen molar-refractivity contribution < 1.29 is 19.2 Å². The second-order valence-electron chi connectivity index (χ2n) is 9.20. The zero-order valence-corrected chi connectivity index (χ0v) is 18.4. The number of benzene rings is 1. The largest absolute Gasteiger partial charge is 0.490 e. The van der Waals surface area contributed by atoms with Crippen LogP contribution in [0.4, 0.5) is 10.5 Å². The third kappa shape index (κ3) is 5.41. The number of carbonyl (C=O) groups excluding carboxylic acids is 1. The molecule has 0 bridgehead atoms. The first kappa shape index (κ1) is 22.3. The summed E-state index contributed by atoms with van der Waals surface area (Å²) in [5.74, 6) is 0.733. The Hall–Kier alpha value is -2.35. The first-order valence-electron chi connectivity index (χ1n) is 10.7. The summed E-state index contributed by atoms with van der Waals surface area (Å²) in [5, 5.41) is 11.1. The van der Waals surface area contributed by atoms with Gasteiger partial charge >= 0.3 is 11.8 Å². The molecular formula is C22H33N3O5. The number of hydrogen-bond donors (Lipinski definition) is 0. The van der Waals surface area contributed by atoms with Gasteiger partial charge in [0.1, 0.15) is 5.60 Å². The summed E-state index contributed by atoms with van der Waals surface area (Å²) < 4.78 is 10.7. The van der Waals surface area contributed by atoms with E-state index in [9.17, 15) is 14.9 Å². The first-order valence-corrected chi connectivity index (χ1v) is 10.7. The molecule has 0 aromatic heterocycles. The highest BCUT2D eigenvalue weighted by molar-refractivity contribution is 5.68. The van der Waals surface area contributed by atoms with E-state index in [1.807, 2.05) is 32.9 Å². The van der Waals surface area contributed by atoms with Crippen LogP contribution in [0.3, 0.4) is 0 Å². The molecule has 0 unspecified atom stereocenters. The molecule has 1 amide bonds. The lowest BCUT2D eigenvalue weighted by atomic mass is 9.81.